The fourth-order valence-corrected chi connectivity index (χ4v) is 3.73. The summed E-state index contributed by atoms with van der Waals surface area (Å²) in [7, 11) is 3.24. The van der Waals surface area contributed by atoms with E-state index in [4.69, 9.17) is 0 Å². The Morgan fingerprint density at radius 2 is 1.90 bits per heavy atom. The number of hydrogen-bond donors (Lipinski definition) is 1. The Morgan fingerprint density at radius 1 is 1.23 bits per heavy atom. The van der Waals surface area contributed by atoms with Crippen LogP contribution < -0.4 is 15.8 Å². The number of piperazine rings is 1. The van der Waals surface area contributed by atoms with E-state index in [-0.39, 0.29) is 17.4 Å². The molecule has 0 saturated carbocycles. The number of halogens is 5. The normalized spacial score (nSPS) is 17.3. The number of rotatable bonds is 4. The molecule has 0 bridgehead atoms. The van der Waals surface area contributed by atoms with Gasteiger partial charge in [0, 0.05) is 56.6 Å². The molecule has 1 saturated heterocycles. The van der Waals surface area contributed by atoms with E-state index in [1.807, 2.05) is 14.0 Å². The molecule has 2 aromatic rings. The predicted molar refractivity (Wildman–Crippen MR) is 113 cm³/mol. The molecule has 1 fully saturated rings. The highest BCUT2D eigenvalue weighted by molar-refractivity contribution is 9.10. The molecule has 1 aliphatic heterocycles. The van der Waals surface area contributed by atoms with Gasteiger partial charge in [-0.15, -0.1) is 0 Å². The van der Waals surface area contributed by atoms with Crippen molar-refractivity contribution in [2.24, 2.45) is 7.05 Å². The second kappa shape index (κ2) is 8.99. The number of benzene rings is 1. The molecule has 31 heavy (non-hydrogen) atoms. The molecule has 0 radical (unpaired) electrons. The third kappa shape index (κ3) is 4.62. The highest BCUT2D eigenvalue weighted by Gasteiger charge is 2.28. The second-order valence-electron chi connectivity index (χ2n) is 7.50. The van der Waals surface area contributed by atoms with Crippen molar-refractivity contribution in [1.82, 2.24) is 9.47 Å². The van der Waals surface area contributed by atoms with E-state index < -0.39 is 45.1 Å². The van der Waals surface area contributed by atoms with Crippen molar-refractivity contribution < 1.29 is 22.4 Å². The molecule has 0 aliphatic carbocycles. The number of anilines is 2. The summed E-state index contributed by atoms with van der Waals surface area (Å²) in [5, 5.41) is 2.31. The maximum atomic E-state index is 15.0. The predicted octanol–water partition coefficient (Wildman–Crippen LogP) is 3.76. The molecule has 1 amide bonds. The summed E-state index contributed by atoms with van der Waals surface area (Å²) in [5.41, 5.74) is -2.18. The zero-order chi connectivity index (χ0) is 23.0. The topological polar surface area (TPSA) is 57.6 Å². The van der Waals surface area contributed by atoms with Gasteiger partial charge in [0.1, 0.15) is 11.5 Å². The Bertz CT molecular complexity index is 1080. The molecule has 6 nitrogen and oxygen atoms in total. The van der Waals surface area contributed by atoms with E-state index in [0.29, 0.717) is 25.7 Å². The van der Waals surface area contributed by atoms with Crippen LogP contribution in [0.25, 0.3) is 0 Å². The Balaban J connectivity index is 2.06. The minimum Gasteiger partial charge on any atom is -0.367 e. The van der Waals surface area contributed by atoms with Gasteiger partial charge < -0.3 is 19.7 Å². The van der Waals surface area contributed by atoms with E-state index in [1.54, 1.807) is 4.90 Å². The van der Waals surface area contributed by atoms with Gasteiger partial charge in [0.05, 0.1) is 15.7 Å². The number of amides is 1. The number of likely N-dealkylation sites (N-methyl/N-ethyl adjacent to an activating group) is 1. The Labute approximate surface area is 184 Å². The summed E-state index contributed by atoms with van der Waals surface area (Å²) in [6, 6.07) is 1.84. The van der Waals surface area contributed by atoms with Gasteiger partial charge >= 0.3 is 0 Å². The minimum atomic E-state index is -3.09. The van der Waals surface area contributed by atoms with E-state index in [0.717, 1.165) is 16.8 Å². The summed E-state index contributed by atoms with van der Waals surface area (Å²) >= 11 is 2.82. The van der Waals surface area contributed by atoms with Crippen LogP contribution in [0.1, 0.15) is 29.3 Å². The minimum absolute atomic E-state index is 0.0844. The maximum absolute atomic E-state index is 15.0. The van der Waals surface area contributed by atoms with Crippen molar-refractivity contribution in [3.8, 4) is 0 Å². The van der Waals surface area contributed by atoms with Crippen LogP contribution in [0.2, 0.25) is 0 Å². The molecule has 1 atom stereocenters. The molecular formula is C20H21BrF4N4O2. The molecule has 1 aromatic heterocycles. The van der Waals surface area contributed by atoms with Crippen LogP contribution in [0.15, 0.2) is 27.6 Å². The van der Waals surface area contributed by atoms with Crippen LogP contribution in [0.5, 0.6) is 0 Å². The lowest BCUT2D eigenvalue weighted by Gasteiger charge is -2.39. The van der Waals surface area contributed by atoms with Gasteiger partial charge in [-0.1, -0.05) is 0 Å². The summed E-state index contributed by atoms with van der Waals surface area (Å²) in [6.07, 6.45) is -2.12. The fraction of sp³-hybridized carbons (Fsp3) is 0.400. The van der Waals surface area contributed by atoms with Gasteiger partial charge in [0.25, 0.3) is 17.9 Å². The van der Waals surface area contributed by atoms with Crippen LogP contribution in [-0.4, -0.2) is 48.1 Å². The van der Waals surface area contributed by atoms with Gasteiger partial charge in [-0.05, 0) is 29.9 Å². The average molecular weight is 505 g/mol. The van der Waals surface area contributed by atoms with Crippen LogP contribution >= 0.6 is 15.9 Å². The smallest absolute Gasteiger partial charge is 0.264 e. The molecular weight excluding hydrogens is 484 g/mol. The van der Waals surface area contributed by atoms with E-state index in [1.165, 1.54) is 7.05 Å². The lowest BCUT2D eigenvalue weighted by molar-refractivity contribution is 0.101. The van der Waals surface area contributed by atoms with Crippen molar-refractivity contribution >= 4 is 33.2 Å². The van der Waals surface area contributed by atoms with Gasteiger partial charge in [-0.3, -0.25) is 9.59 Å². The number of carbonyl (C=O) groups is 1. The zero-order valence-corrected chi connectivity index (χ0v) is 18.6. The SMILES string of the molecule is CC1CN(c2cc(F)c(Br)c(F)c2NC(=O)c2cn(C)c(=O)cc2C(F)F)CCN1C. The number of nitrogens with one attached hydrogen (secondary N) is 1. The lowest BCUT2D eigenvalue weighted by atomic mass is 10.1. The standard InChI is InChI=1S/C20H21BrF4N4O2/c1-10-8-29(5-4-27(10)2)14-7-13(22)16(21)17(23)18(14)26-20(31)12-9-28(3)15(30)6-11(12)19(24)25/h6-7,9-10,19H,4-5,8H2,1-3H3,(H,26,31). The average Bonchev–Trinajstić information content (AvgIpc) is 2.71. The van der Waals surface area contributed by atoms with Gasteiger partial charge in [0.2, 0.25) is 0 Å². The van der Waals surface area contributed by atoms with Gasteiger partial charge in [0.15, 0.2) is 5.82 Å². The summed E-state index contributed by atoms with van der Waals surface area (Å²) < 4.78 is 56.6. The third-order valence-electron chi connectivity index (χ3n) is 5.42. The Hall–Kier alpha value is -2.40. The summed E-state index contributed by atoms with van der Waals surface area (Å²) in [6.45, 7) is 3.48. The largest absolute Gasteiger partial charge is 0.367 e. The Morgan fingerprint density at radius 3 is 2.52 bits per heavy atom. The van der Waals surface area contributed by atoms with Crippen molar-refractivity contribution in [3.05, 3.63) is 55.9 Å². The Kier molecular flexibility index (Phi) is 6.75. The highest BCUT2D eigenvalue weighted by atomic mass is 79.9. The number of carbonyl (C=O) groups excluding carboxylic acids is 1. The zero-order valence-electron chi connectivity index (χ0n) is 17.1. The van der Waals surface area contributed by atoms with Crippen LogP contribution in [0.4, 0.5) is 28.9 Å². The van der Waals surface area contributed by atoms with Crippen LogP contribution in [0.3, 0.4) is 0 Å². The first-order chi connectivity index (χ1) is 14.5. The quantitative estimate of drug-likeness (QED) is 0.508. The molecule has 11 heteroatoms. The number of aromatic nitrogens is 1. The molecule has 1 aromatic carbocycles. The fourth-order valence-electron chi connectivity index (χ4n) is 3.41. The first kappa shape index (κ1) is 23.3. The van der Waals surface area contributed by atoms with Crippen molar-refractivity contribution in [2.75, 3.05) is 36.9 Å². The first-order valence-electron chi connectivity index (χ1n) is 9.44. The molecule has 168 valence electrons. The lowest BCUT2D eigenvalue weighted by Crippen LogP contribution is -2.50. The molecule has 3 rings (SSSR count). The van der Waals surface area contributed by atoms with Gasteiger partial charge in [-0.25, -0.2) is 17.6 Å². The second-order valence-corrected chi connectivity index (χ2v) is 8.30. The van der Waals surface area contributed by atoms with Gasteiger partial charge in [-0.2, -0.15) is 0 Å². The number of aryl methyl sites for hydroxylation is 1. The van der Waals surface area contributed by atoms with Crippen molar-refractivity contribution in [1.29, 1.82) is 0 Å². The van der Waals surface area contributed by atoms with Crippen LogP contribution in [0, 0.1) is 11.6 Å². The van der Waals surface area contributed by atoms with E-state index in [2.05, 4.69) is 26.1 Å². The number of hydrogen-bond acceptors (Lipinski definition) is 4. The molecule has 2 heterocycles. The molecule has 1 N–H and O–H groups in total. The molecule has 1 aliphatic rings. The van der Waals surface area contributed by atoms with Crippen molar-refractivity contribution in [2.45, 2.75) is 19.4 Å². The first-order valence-corrected chi connectivity index (χ1v) is 10.2. The monoisotopic (exact) mass is 504 g/mol. The number of alkyl halides is 2. The molecule has 0 spiro atoms. The van der Waals surface area contributed by atoms with E-state index in [9.17, 15) is 27.2 Å². The van der Waals surface area contributed by atoms with Crippen LogP contribution in [-0.2, 0) is 7.05 Å². The van der Waals surface area contributed by atoms with E-state index >= 15 is 0 Å². The summed E-state index contributed by atoms with van der Waals surface area (Å²) in [4.78, 5) is 28.4. The number of pyridine rings is 1. The molecule has 1 unspecified atom stereocenters. The van der Waals surface area contributed by atoms with Crippen molar-refractivity contribution in [3.63, 3.8) is 0 Å². The maximum Gasteiger partial charge on any atom is 0.264 e. The summed E-state index contributed by atoms with van der Waals surface area (Å²) in [5.74, 6) is -2.95. The highest BCUT2D eigenvalue weighted by Crippen LogP contribution is 2.37. The third-order valence-corrected chi connectivity index (χ3v) is 6.15. The number of nitrogens with zero attached hydrogens (tertiary/aromatic N) is 3.